The highest BCUT2D eigenvalue weighted by atomic mass is 16.5. The van der Waals surface area contributed by atoms with Crippen molar-refractivity contribution >= 4 is 5.91 Å². The Morgan fingerprint density at radius 1 is 1.12 bits per heavy atom. The number of amides is 1. The molecule has 2 rings (SSSR count). The highest BCUT2D eigenvalue weighted by Gasteiger charge is 2.26. The molecule has 2 N–H and O–H groups in total. The van der Waals surface area contributed by atoms with Crippen molar-refractivity contribution in [3.05, 3.63) is 24.3 Å². The second kappa shape index (κ2) is 9.52. The topological polar surface area (TPSA) is 52.0 Å². The molecular formula is C19H31N2O3+. The van der Waals surface area contributed by atoms with Gasteiger partial charge in [0.1, 0.15) is 18.1 Å². The predicted molar refractivity (Wildman–Crippen MR) is 94.6 cm³/mol. The van der Waals surface area contributed by atoms with E-state index in [1.54, 1.807) is 0 Å². The van der Waals surface area contributed by atoms with E-state index in [-0.39, 0.29) is 5.91 Å². The number of hydrogen-bond donors (Lipinski definition) is 2. The second-order valence-corrected chi connectivity index (χ2v) is 6.88. The summed E-state index contributed by atoms with van der Waals surface area (Å²) in [5.74, 6) is 3.16. The number of ether oxygens (including phenoxy) is 2. The molecule has 0 aromatic heterocycles. The minimum Gasteiger partial charge on any atom is -0.494 e. The van der Waals surface area contributed by atoms with Crippen LogP contribution in [0.3, 0.4) is 0 Å². The summed E-state index contributed by atoms with van der Waals surface area (Å²) in [5, 5.41) is 2.95. The van der Waals surface area contributed by atoms with Gasteiger partial charge in [0.15, 0.2) is 6.54 Å². The zero-order valence-electron chi connectivity index (χ0n) is 15.1. The molecule has 1 aliphatic heterocycles. The van der Waals surface area contributed by atoms with Crippen LogP contribution in [-0.2, 0) is 4.79 Å². The summed E-state index contributed by atoms with van der Waals surface area (Å²) >= 11 is 0. The van der Waals surface area contributed by atoms with Crippen molar-refractivity contribution in [1.29, 1.82) is 0 Å². The monoisotopic (exact) mass is 335 g/mol. The van der Waals surface area contributed by atoms with E-state index >= 15 is 0 Å². The third kappa shape index (κ3) is 6.40. The molecule has 1 aliphatic rings. The van der Waals surface area contributed by atoms with Crippen LogP contribution in [0.4, 0.5) is 0 Å². The fourth-order valence-corrected chi connectivity index (χ4v) is 3.51. The van der Waals surface area contributed by atoms with Crippen LogP contribution in [0, 0.1) is 11.8 Å². The summed E-state index contributed by atoms with van der Waals surface area (Å²) in [5.41, 5.74) is 0. The number of nitrogens with one attached hydrogen (secondary N) is 2. The zero-order chi connectivity index (χ0) is 17.4. The number of carbonyl (C=O) groups excluding carboxylic acids is 1. The molecule has 1 aromatic carbocycles. The Bertz CT molecular complexity index is 494. The standard InChI is InChI=1S/C19H30N2O3/c1-4-23-17-5-7-18(8-6-17)24-10-9-20-19(22)14-21-12-15(2)11-16(3)13-21/h5-8,15-16H,4,9-14H2,1-3H3,(H,20,22)/p+1/t15-,16-/m1/s1. The van der Waals surface area contributed by atoms with Crippen molar-refractivity contribution in [2.45, 2.75) is 27.2 Å². The van der Waals surface area contributed by atoms with E-state index in [1.165, 1.54) is 11.3 Å². The Labute approximate surface area is 145 Å². The average molecular weight is 335 g/mol. The first-order valence-corrected chi connectivity index (χ1v) is 9.02. The van der Waals surface area contributed by atoms with Crippen molar-refractivity contribution in [2.75, 3.05) is 39.4 Å². The Kier molecular flexibility index (Phi) is 7.37. The van der Waals surface area contributed by atoms with Crippen LogP contribution in [0.1, 0.15) is 27.2 Å². The molecule has 0 spiro atoms. The predicted octanol–water partition coefficient (Wildman–Crippen LogP) is 1.14. The van der Waals surface area contributed by atoms with Gasteiger partial charge in [-0.2, -0.15) is 0 Å². The number of rotatable bonds is 8. The van der Waals surface area contributed by atoms with Crippen LogP contribution in [0.25, 0.3) is 0 Å². The van der Waals surface area contributed by atoms with Crippen LogP contribution in [0.5, 0.6) is 11.5 Å². The first-order valence-electron chi connectivity index (χ1n) is 9.02. The van der Waals surface area contributed by atoms with Gasteiger partial charge in [0.2, 0.25) is 0 Å². The second-order valence-electron chi connectivity index (χ2n) is 6.88. The summed E-state index contributed by atoms with van der Waals surface area (Å²) in [6.45, 7) is 10.9. The number of hydrogen-bond acceptors (Lipinski definition) is 3. The molecule has 1 saturated heterocycles. The molecular weight excluding hydrogens is 304 g/mol. The molecule has 0 unspecified atom stereocenters. The summed E-state index contributed by atoms with van der Waals surface area (Å²) < 4.78 is 11.0. The van der Waals surface area contributed by atoms with Crippen molar-refractivity contribution in [2.24, 2.45) is 11.8 Å². The van der Waals surface area contributed by atoms with Crippen LogP contribution >= 0.6 is 0 Å². The number of piperidine rings is 1. The molecule has 0 saturated carbocycles. The van der Waals surface area contributed by atoms with Gasteiger partial charge < -0.3 is 19.7 Å². The summed E-state index contributed by atoms with van der Waals surface area (Å²) in [7, 11) is 0. The summed E-state index contributed by atoms with van der Waals surface area (Å²) in [6, 6.07) is 7.54. The van der Waals surface area contributed by atoms with Crippen molar-refractivity contribution in [3.8, 4) is 11.5 Å². The smallest absolute Gasteiger partial charge is 0.275 e. The highest BCUT2D eigenvalue weighted by molar-refractivity contribution is 5.76. The van der Waals surface area contributed by atoms with Gasteiger partial charge >= 0.3 is 0 Å². The number of benzene rings is 1. The van der Waals surface area contributed by atoms with Gasteiger partial charge in [-0.3, -0.25) is 4.79 Å². The fraction of sp³-hybridized carbons (Fsp3) is 0.632. The molecule has 1 amide bonds. The first-order chi connectivity index (χ1) is 11.6. The Morgan fingerprint density at radius 2 is 1.71 bits per heavy atom. The van der Waals surface area contributed by atoms with Crippen LogP contribution < -0.4 is 19.7 Å². The quantitative estimate of drug-likeness (QED) is 0.701. The van der Waals surface area contributed by atoms with E-state index in [9.17, 15) is 4.79 Å². The van der Waals surface area contributed by atoms with Crippen LogP contribution in [0.15, 0.2) is 24.3 Å². The van der Waals surface area contributed by atoms with Gasteiger partial charge in [-0.15, -0.1) is 0 Å². The van der Waals surface area contributed by atoms with Gasteiger partial charge in [0.25, 0.3) is 5.91 Å². The van der Waals surface area contributed by atoms with E-state index in [2.05, 4.69) is 19.2 Å². The van der Waals surface area contributed by atoms with Gasteiger partial charge in [-0.25, -0.2) is 0 Å². The normalized spacial score (nSPS) is 23.5. The summed E-state index contributed by atoms with van der Waals surface area (Å²) in [6.07, 6.45) is 1.28. The lowest BCUT2D eigenvalue weighted by atomic mass is 9.92. The Morgan fingerprint density at radius 3 is 2.29 bits per heavy atom. The third-order valence-electron chi connectivity index (χ3n) is 4.32. The van der Waals surface area contributed by atoms with Gasteiger partial charge in [-0.05, 0) is 37.6 Å². The summed E-state index contributed by atoms with van der Waals surface area (Å²) in [4.78, 5) is 13.4. The largest absolute Gasteiger partial charge is 0.494 e. The lowest BCUT2D eigenvalue weighted by molar-refractivity contribution is -0.904. The minimum atomic E-state index is 0.113. The molecule has 0 bridgehead atoms. The van der Waals surface area contributed by atoms with Crippen LogP contribution in [0.2, 0.25) is 0 Å². The van der Waals surface area contributed by atoms with E-state index in [0.29, 0.717) is 38.1 Å². The van der Waals surface area contributed by atoms with Gasteiger partial charge in [0.05, 0.1) is 26.2 Å². The van der Waals surface area contributed by atoms with E-state index < -0.39 is 0 Å². The van der Waals surface area contributed by atoms with Gasteiger partial charge in [-0.1, -0.05) is 13.8 Å². The lowest BCUT2D eigenvalue weighted by Crippen LogP contribution is -3.15. The number of carbonyl (C=O) groups is 1. The Balaban J connectivity index is 1.62. The molecule has 24 heavy (non-hydrogen) atoms. The fourth-order valence-electron chi connectivity index (χ4n) is 3.51. The number of quaternary nitrogens is 1. The van der Waals surface area contributed by atoms with E-state index in [1.807, 2.05) is 31.2 Å². The average Bonchev–Trinajstić information content (AvgIpc) is 2.52. The maximum atomic E-state index is 12.0. The molecule has 0 aliphatic carbocycles. The molecule has 134 valence electrons. The van der Waals surface area contributed by atoms with Crippen molar-refractivity contribution in [3.63, 3.8) is 0 Å². The lowest BCUT2D eigenvalue weighted by Gasteiger charge is -2.31. The SMILES string of the molecule is CCOc1ccc(OCCNC(=O)C[NH+]2C[C@H](C)C[C@@H](C)C2)cc1. The first kappa shape index (κ1) is 18.6. The molecule has 2 atom stereocenters. The molecule has 1 heterocycles. The third-order valence-corrected chi connectivity index (χ3v) is 4.32. The molecule has 5 nitrogen and oxygen atoms in total. The maximum absolute atomic E-state index is 12.0. The molecule has 1 aromatic rings. The van der Waals surface area contributed by atoms with Crippen molar-refractivity contribution in [1.82, 2.24) is 5.32 Å². The minimum absolute atomic E-state index is 0.113. The highest BCUT2D eigenvalue weighted by Crippen LogP contribution is 2.17. The molecule has 5 heteroatoms. The number of likely N-dealkylation sites (tertiary alicyclic amines) is 1. The molecule has 0 radical (unpaired) electrons. The van der Waals surface area contributed by atoms with E-state index in [0.717, 1.165) is 24.6 Å². The zero-order valence-corrected chi connectivity index (χ0v) is 15.1. The molecule has 1 fully saturated rings. The van der Waals surface area contributed by atoms with Crippen molar-refractivity contribution < 1.29 is 19.2 Å². The van der Waals surface area contributed by atoms with E-state index in [4.69, 9.17) is 9.47 Å². The Hall–Kier alpha value is -1.75. The van der Waals surface area contributed by atoms with Crippen LogP contribution in [-0.4, -0.2) is 45.3 Å². The van der Waals surface area contributed by atoms with Gasteiger partial charge in [0, 0.05) is 11.8 Å². The maximum Gasteiger partial charge on any atom is 0.275 e.